The minimum absolute atomic E-state index is 0.185. The van der Waals surface area contributed by atoms with E-state index in [4.69, 9.17) is 15.2 Å². The molecule has 1 amide bonds. The fraction of sp³-hybridized carbons (Fsp3) is 0.789. The van der Waals surface area contributed by atoms with Crippen LogP contribution in [-0.2, 0) is 32.2 Å². The lowest BCUT2D eigenvalue weighted by atomic mass is 9.89. The Labute approximate surface area is 167 Å². The number of aromatic nitrogens is 3. The Balaban J connectivity index is 2.28. The number of ketones is 1. The van der Waals surface area contributed by atoms with Crippen molar-refractivity contribution in [2.45, 2.75) is 72.7 Å². The van der Waals surface area contributed by atoms with Crippen LogP contribution in [0.4, 0.5) is 0 Å². The van der Waals surface area contributed by atoms with Crippen molar-refractivity contribution in [3.63, 3.8) is 0 Å². The largest absolute Gasteiger partial charge is 0.379 e. The fourth-order valence-corrected chi connectivity index (χ4v) is 2.39. The summed E-state index contributed by atoms with van der Waals surface area (Å²) < 4.78 is 12.7. The van der Waals surface area contributed by atoms with Crippen molar-refractivity contribution < 1.29 is 23.7 Å². The van der Waals surface area contributed by atoms with Gasteiger partial charge in [0.05, 0.1) is 19.8 Å². The number of nitrogens with two attached hydrogens (primary N) is 1. The number of carbonyl (C=O) groups excluding carboxylic acids is 2. The summed E-state index contributed by atoms with van der Waals surface area (Å²) in [6, 6.07) is -0.511. The first-order chi connectivity index (χ1) is 12.9. The molecule has 0 spiro atoms. The van der Waals surface area contributed by atoms with Gasteiger partial charge >= 0.3 is 0 Å². The second-order valence-electron chi connectivity index (χ2n) is 8.92. The summed E-state index contributed by atoms with van der Waals surface area (Å²) in [6.07, 6.45) is 2.19. The Morgan fingerprint density at radius 2 is 1.82 bits per heavy atom. The van der Waals surface area contributed by atoms with E-state index >= 15 is 0 Å². The topological polar surface area (TPSA) is 123 Å². The summed E-state index contributed by atoms with van der Waals surface area (Å²) in [5, 5.41) is 10.2. The number of Topliss-reactive ketones (excluding diaryl/α,β-unsaturated/α-hetero) is 1. The van der Waals surface area contributed by atoms with Crippen LogP contribution in [0.5, 0.6) is 0 Å². The first-order valence-electron chi connectivity index (χ1n) is 9.58. The zero-order valence-corrected chi connectivity index (χ0v) is 18.0. The SMILES string of the molecule is CC(C)(C)NC(C[n+]1cc(COCCOCCC(=O)C(C)(C)C)n[nH]1)C(N)=O. The van der Waals surface area contributed by atoms with Crippen LogP contribution in [0.3, 0.4) is 0 Å². The number of ether oxygens (including phenoxy) is 2. The molecule has 0 fully saturated rings. The molecular weight excluding hydrogens is 362 g/mol. The lowest BCUT2D eigenvalue weighted by Gasteiger charge is -2.25. The molecule has 1 atom stereocenters. The molecule has 1 unspecified atom stereocenters. The maximum Gasteiger partial charge on any atom is 0.243 e. The molecule has 0 aliphatic heterocycles. The van der Waals surface area contributed by atoms with Crippen molar-refractivity contribution >= 4 is 11.7 Å². The highest BCUT2D eigenvalue weighted by atomic mass is 16.5. The van der Waals surface area contributed by atoms with Crippen LogP contribution in [0, 0.1) is 5.41 Å². The normalized spacial score (nSPS) is 13.5. The van der Waals surface area contributed by atoms with E-state index in [0.29, 0.717) is 45.1 Å². The monoisotopic (exact) mass is 398 g/mol. The predicted octanol–water partition coefficient (Wildman–Crippen LogP) is 0.478. The fourth-order valence-electron chi connectivity index (χ4n) is 2.39. The summed E-state index contributed by atoms with van der Waals surface area (Å²) in [4.78, 5) is 23.4. The Morgan fingerprint density at radius 1 is 1.18 bits per heavy atom. The number of hydrogen-bond donors (Lipinski definition) is 3. The molecule has 1 aromatic heterocycles. The van der Waals surface area contributed by atoms with Crippen LogP contribution in [0.1, 0.15) is 53.7 Å². The van der Waals surface area contributed by atoms with E-state index in [-0.39, 0.29) is 16.7 Å². The van der Waals surface area contributed by atoms with Crippen molar-refractivity contribution in [1.29, 1.82) is 0 Å². The molecule has 28 heavy (non-hydrogen) atoms. The first kappa shape index (κ1) is 24.2. The molecule has 0 radical (unpaired) electrons. The standard InChI is InChI=1S/C19H35N5O4/c1-18(2,3)16(25)7-8-27-9-10-28-13-14-11-24(23-22-14)12-15(17(20)26)21-19(4,5)6/h11,15,21H,7-10,12-13H2,1-6H3,(H2,20,26)/p+1. The smallest absolute Gasteiger partial charge is 0.243 e. The van der Waals surface area contributed by atoms with E-state index in [0.717, 1.165) is 0 Å². The summed E-state index contributed by atoms with van der Waals surface area (Å²) in [6.45, 7) is 13.5. The lowest BCUT2D eigenvalue weighted by Crippen LogP contribution is -2.57. The van der Waals surface area contributed by atoms with Gasteiger partial charge in [-0.25, -0.2) is 0 Å². The number of rotatable bonds is 12. The number of nitrogens with one attached hydrogen (secondary N) is 2. The van der Waals surface area contributed by atoms with Gasteiger partial charge in [0.2, 0.25) is 11.6 Å². The van der Waals surface area contributed by atoms with Gasteiger partial charge in [-0.15, -0.1) is 0 Å². The number of aromatic amines is 1. The van der Waals surface area contributed by atoms with E-state index in [9.17, 15) is 9.59 Å². The second kappa shape index (κ2) is 10.6. The summed E-state index contributed by atoms with van der Waals surface area (Å²) >= 11 is 0. The van der Waals surface area contributed by atoms with E-state index in [1.165, 1.54) is 0 Å². The molecule has 4 N–H and O–H groups in total. The van der Waals surface area contributed by atoms with Gasteiger partial charge in [0.1, 0.15) is 25.0 Å². The lowest BCUT2D eigenvalue weighted by molar-refractivity contribution is -0.754. The maximum absolute atomic E-state index is 11.8. The van der Waals surface area contributed by atoms with E-state index in [1.54, 1.807) is 10.9 Å². The second-order valence-corrected chi connectivity index (χ2v) is 8.92. The van der Waals surface area contributed by atoms with E-state index < -0.39 is 11.9 Å². The molecule has 0 bridgehead atoms. The van der Waals surface area contributed by atoms with Crippen LogP contribution in [0.2, 0.25) is 0 Å². The number of primary amides is 1. The maximum atomic E-state index is 11.8. The number of amides is 1. The Morgan fingerprint density at radius 3 is 2.39 bits per heavy atom. The van der Waals surface area contributed by atoms with Gasteiger partial charge in [0.25, 0.3) is 0 Å². The third kappa shape index (κ3) is 9.91. The third-order valence-electron chi connectivity index (χ3n) is 3.89. The molecule has 0 saturated heterocycles. The third-order valence-corrected chi connectivity index (χ3v) is 3.89. The quantitative estimate of drug-likeness (QED) is 0.348. The number of H-pyrrole nitrogens is 1. The Bertz CT molecular complexity index is 631. The van der Waals surface area contributed by atoms with Crippen LogP contribution >= 0.6 is 0 Å². The Hall–Kier alpha value is -1.84. The first-order valence-corrected chi connectivity index (χ1v) is 9.58. The highest BCUT2D eigenvalue weighted by molar-refractivity contribution is 5.83. The van der Waals surface area contributed by atoms with Crippen molar-refractivity contribution in [3.05, 3.63) is 11.9 Å². The number of carbonyl (C=O) groups is 2. The highest BCUT2D eigenvalue weighted by Gasteiger charge is 2.25. The zero-order chi connectivity index (χ0) is 21.4. The van der Waals surface area contributed by atoms with Gasteiger partial charge in [-0.2, -0.15) is 4.68 Å². The van der Waals surface area contributed by atoms with Crippen LogP contribution in [0.25, 0.3) is 0 Å². The summed E-state index contributed by atoms with van der Waals surface area (Å²) in [5.41, 5.74) is 5.62. The Kier molecular flexibility index (Phi) is 9.19. The van der Waals surface area contributed by atoms with Crippen LogP contribution in [0.15, 0.2) is 6.20 Å². The van der Waals surface area contributed by atoms with Gasteiger partial charge in [-0.1, -0.05) is 26.0 Å². The van der Waals surface area contributed by atoms with Gasteiger partial charge in [-0.3, -0.25) is 14.9 Å². The number of nitrogens with zero attached hydrogens (tertiary/aromatic N) is 2. The summed E-state index contributed by atoms with van der Waals surface area (Å²) in [5.74, 6) is -0.235. The molecule has 9 heteroatoms. The van der Waals surface area contributed by atoms with Crippen molar-refractivity contribution in [3.8, 4) is 0 Å². The van der Waals surface area contributed by atoms with Crippen molar-refractivity contribution in [2.24, 2.45) is 11.1 Å². The number of hydrogen-bond acceptors (Lipinski definition) is 6. The minimum atomic E-state index is -0.511. The van der Waals surface area contributed by atoms with Gasteiger partial charge in [0, 0.05) is 22.5 Å². The average Bonchev–Trinajstić information content (AvgIpc) is 2.98. The van der Waals surface area contributed by atoms with E-state index in [2.05, 4.69) is 15.6 Å². The predicted molar refractivity (Wildman–Crippen MR) is 104 cm³/mol. The van der Waals surface area contributed by atoms with Crippen LogP contribution < -0.4 is 15.7 Å². The molecular formula is C19H36N5O4+. The average molecular weight is 399 g/mol. The van der Waals surface area contributed by atoms with Crippen molar-refractivity contribution in [1.82, 2.24) is 15.6 Å². The molecule has 160 valence electrons. The molecule has 0 saturated carbocycles. The van der Waals surface area contributed by atoms with E-state index in [1.807, 2.05) is 41.5 Å². The molecule has 1 heterocycles. The van der Waals surface area contributed by atoms with Gasteiger partial charge < -0.3 is 15.2 Å². The molecule has 0 aliphatic rings. The molecule has 0 aromatic carbocycles. The van der Waals surface area contributed by atoms with Gasteiger partial charge in [-0.05, 0) is 20.8 Å². The molecule has 0 aliphatic carbocycles. The summed E-state index contributed by atoms with van der Waals surface area (Å²) in [7, 11) is 0. The van der Waals surface area contributed by atoms with Crippen LogP contribution in [-0.4, -0.2) is 53.4 Å². The molecule has 9 nitrogen and oxygen atoms in total. The zero-order valence-electron chi connectivity index (χ0n) is 18.0. The molecule has 1 rings (SSSR count). The molecule has 1 aromatic rings. The van der Waals surface area contributed by atoms with Crippen molar-refractivity contribution in [2.75, 3.05) is 19.8 Å². The van der Waals surface area contributed by atoms with Gasteiger partial charge in [0.15, 0.2) is 6.20 Å². The minimum Gasteiger partial charge on any atom is -0.379 e. The highest BCUT2D eigenvalue weighted by Crippen LogP contribution is 2.16.